The van der Waals surface area contributed by atoms with Crippen molar-refractivity contribution in [1.82, 2.24) is 10.6 Å². The first-order chi connectivity index (χ1) is 9.61. The number of carbonyl (C=O) groups excluding carboxylic acids is 1. The van der Waals surface area contributed by atoms with Crippen LogP contribution >= 0.6 is 0 Å². The average molecular weight is 271 g/mol. The van der Waals surface area contributed by atoms with Gasteiger partial charge in [-0.3, -0.25) is 4.79 Å². The van der Waals surface area contributed by atoms with Crippen molar-refractivity contribution in [1.29, 1.82) is 5.26 Å². The van der Waals surface area contributed by atoms with Crippen LogP contribution in [-0.4, -0.2) is 24.5 Å². The van der Waals surface area contributed by atoms with Crippen molar-refractivity contribution in [3.63, 3.8) is 0 Å². The van der Waals surface area contributed by atoms with E-state index >= 15 is 0 Å². The molecule has 2 N–H and O–H groups in total. The molecular formula is C16H21N3O. The summed E-state index contributed by atoms with van der Waals surface area (Å²) >= 11 is 0. The lowest BCUT2D eigenvalue weighted by Gasteiger charge is -2.44. The topological polar surface area (TPSA) is 64.9 Å². The van der Waals surface area contributed by atoms with E-state index in [1.807, 2.05) is 44.2 Å². The summed E-state index contributed by atoms with van der Waals surface area (Å²) in [5.74, 6) is 0.0154. The minimum atomic E-state index is -0.389. The molecule has 0 aromatic heterocycles. The standard InChI is InChI=1S/C16H21N3O/c1-3-18-15(20)12(2)19-14-9-16(10-14,11-17)13-7-5-4-6-8-13/h4-8,12,14,19H,3,9-10H2,1-2H3,(H,18,20). The van der Waals surface area contributed by atoms with Gasteiger partial charge in [0.2, 0.25) is 5.91 Å². The fraction of sp³-hybridized carbons (Fsp3) is 0.500. The molecule has 1 aromatic rings. The normalized spacial score (nSPS) is 26.1. The zero-order valence-corrected chi connectivity index (χ0v) is 12.0. The van der Waals surface area contributed by atoms with Crippen LogP contribution in [0, 0.1) is 11.3 Å². The molecule has 0 bridgehead atoms. The Morgan fingerprint density at radius 2 is 2.10 bits per heavy atom. The van der Waals surface area contributed by atoms with Crippen LogP contribution in [0.3, 0.4) is 0 Å². The Hall–Kier alpha value is -1.86. The van der Waals surface area contributed by atoms with Crippen LogP contribution in [-0.2, 0) is 10.2 Å². The third kappa shape index (κ3) is 2.83. The molecule has 1 aliphatic rings. The molecule has 1 aliphatic carbocycles. The number of nitriles is 1. The quantitative estimate of drug-likeness (QED) is 0.857. The van der Waals surface area contributed by atoms with Crippen LogP contribution in [0.15, 0.2) is 30.3 Å². The third-order valence-corrected chi connectivity index (χ3v) is 3.96. The second kappa shape index (κ2) is 6.06. The van der Waals surface area contributed by atoms with E-state index in [-0.39, 0.29) is 23.4 Å². The molecule has 0 radical (unpaired) electrons. The van der Waals surface area contributed by atoms with Crippen molar-refractivity contribution >= 4 is 5.91 Å². The van der Waals surface area contributed by atoms with Gasteiger partial charge in [0.15, 0.2) is 0 Å². The van der Waals surface area contributed by atoms with Crippen molar-refractivity contribution < 1.29 is 4.79 Å². The Morgan fingerprint density at radius 3 is 2.65 bits per heavy atom. The molecule has 1 unspecified atom stereocenters. The summed E-state index contributed by atoms with van der Waals surface area (Å²) in [5, 5.41) is 15.6. The number of hydrogen-bond acceptors (Lipinski definition) is 3. The minimum Gasteiger partial charge on any atom is -0.355 e. The molecule has 0 heterocycles. The lowest BCUT2D eigenvalue weighted by atomic mass is 9.62. The van der Waals surface area contributed by atoms with Crippen molar-refractivity contribution in [2.75, 3.05) is 6.54 Å². The van der Waals surface area contributed by atoms with E-state index < -0.39 is 0 Å². The number of amides is 1. The highest BCUT2D eigenvalue weighted by Gasteiger charge is 2.46. The van der Waals surface area contributed by atoms with Crippen LogP contribution in [0.2, 0.25) is 0 Å². The summed E-state index contributed by atoms with van der Waals surface area (Å²) in [6, 6.07) is 12.4. The predicted octanol–water partition coefficient (Wildman–Crippen LogP) is 1.72. The second-order valence-electron chi connectivity index (χ2n) is 5.45. The molecule has 20 heavy (non-hydrogen) atoms. The lowest BCUT2D eigenvalue weighted by Crippen LogP contribution is -2.56. The fourth-order valence-corrected chi connectivity index (χ4v) is 2.80. The number of carbonyl (C=O) groups is 1. The number of rotatable bonds is 5. The zero-order chi connectivity index (χ0) is 14.6. The van der Waals surface area contributed by atoms with Crippen molar-refractivity contribution in [2.24, 2.45) is 0 Å². The Labute approximate surface area is 120 Å². The van der Waals surface area contributed by atoms with Crippen molar-refractivity contribution in [3.05, 3.63) is 35.9 Å². The molecule has 106 valence electrons. The maximum Gasteiger partial charge on any atom is 0.236 e. The Kier molecular flexibility index (Phi) is 4.41. The molecule has 0 spiro atoms. The van der Waals surface area contributed by atoms with Gasteiger partial charge in [-0.05, 0) is 32.3 Å². The van der Waals surface area contributed by atoms with Crippen LogP contribution in [0.4, 0.5) is 0 Å². The number of hydrogen-bond donors (Lipinski definition) is 2. The maximum atomic E-state index is 11.7. The molecule has 2 rings (SSSR count). The number of benzene rings is 1. The van der Waals surface area contributed by atoms with Crippen LogP contribution in [0.5, 0.6) is 0 Å². The Balaban J connectivity index is 1.93. The minimum absolute atomic E-state index is 0.0154. The summed E-state index contributed by atoms with van der Waals surface area (Å²) < 4.78 is 0. The summed E-state index contributed by atoms with van der Waals surface area (Å²) in [6.45, 7) is 4.41. The van der Waals surface area contributed by atoms with E-state index in [0.717, 1.165) is 18.4 Å². The first kappa shape index (κ1) is 14.5. The highest BCUT2D eigenvalue weighted by molar-refractivity contribution is 5.81. The molecule has 1 saturated carbocycles. The van der Waals surface area contributed by atoms with E-state index in [4.69, 9.17) is 0 Å². The Morgan fingerprint density at radius 1 is 1.45 bits per heavy atom. The van der Waals surface area contributed by atoms with E-state index in [2.05, 4.69) is 16.7 Å². The molecule has 1 aromatic carbocycles. The van der Waals surface area contributed by atoms with Gasteiger partial charge >= 0.3 is 0 Å². The maximum absolute atomic E-state index is 11.7. The smallest absolute Gasteiger partial charge is 0.236 e. The molecule has 1 atom stereocenters. The van der Waals surface area contributed by atoms with E-state index in [9.17, 15) is 10.1 Å². The van der Waals surface area contributed by atoms with Gasteiger partial charge in [-0.1, -0.05) is 30.3 Å². The number of likely N-dealkylation sites (N-methyl/N-ethyl adjacent to an activating group) is 1. The Bertz CT molecular complexity index is 500. The first-order valence-electron chi connectivity index (χ1n) is 7.12. The summed E-state index contributed by atoms with van der Waals surface area (Å²) in [4.78, 5) is 11.7. The van der Waals surface area contributed by atoms with Gasteiger partial charge < -0.3 is 10.6 Å². The fourth-order valence-electron chi connectivity index (χ4n) is 2.80. The van der Waals surface area contributed by atoms with Crippen molar-refractivity contribution in [3.8, 4) is 6.07 Å². The van der Waals surface area contributed by atoms with Crippen LogP contribution < -0.4 is 10.6 Å². The first-order valence-corrected chi connectivity index (χ1v) is 7.12. The number of nitrogens with one attached hydrogen (secondary N) is 2. The van der Waals surface area contributed by atoms with Gasteiger partial charge in [0.05, 0.1) is 17.5 Å². The summed E-state index contributed by atoms with van der Waals surface area (Å²) in [6.07, 6.45) is 1.52. The molecule has 0 saturated heterocycles. The van der Waals surface area contributed by atoms with Gasteiger partial charge in [0, 0.05) is 12.6 Å². The van der Waals surface area contributed by atoms with Crippen LogP contribution in [0.25, 0.3) is 0 Å². The highest BCUT2D eigenvalue weighted by atomic mass is 16.2. The highest BCUT2D eigenvalue weighted by Crippen LogP contribution is 2.43. The van der Waals surface area contributed by atoms with Gasteiger partial charge in [-0.2, -0.15) is 5.26 Å². The van der Waals surface area contributed by atoms with Crippen LogP contribution in [0.1, 0.15) is 32.3 Å². The summed E-state index contributed by atoms with van der Waals surface area (Å²) in [7, 11) is 0. The molecule has 1 fully saturated rings. The predicted molar refractivity (Wildman–Crippen MR) is 78.0 cm³/mol. The monoisotopic (exact) mass is 271 g/mol. The molecule has 0 aliphatic heterocycles. The van der Waals surface area contributed by atoms with Gasteiger partial charge in [-0.25, -0.2) is 0 Å². The largest absolute Gasteiger partial charge is 0.355 e. The van der Waals surface area contributed by atoms with E-state index in [1.54, 1.807) is 0 Å². The SMILES string of the molecule is CCNC(=O)C(C)NC1CC(C#N)(c2ccccc2)C1. The van der Waals surface area contributed by atoms with Gasteiger partial charge in [0.25, 0.3) is 0 Å². The molecular weight excluding hydrogens is 250 g/mol. The lowest BCUT2D eigenvalue weighted by molar-refractivity contribution is -0.123. The second-order valence-corrected chi connectivity index (χ2v) is 5.45. The van der Waals surface area contributed by atoms with E-state index in [0.29, 0.717) is 6.54 Å². The van der Waals surface area contributed by atoms with Crippen molar-refractivity contribution in [2.45, 2.75) is 44.2 Å². The molecule has 4 heteroatoms. The zero-order valence-electron chi connectivity index (χ0n) is 12.0. The molecule has 1 amide bonds. The third-order valence-electron chi connectivity index (χ3n) is 3.96. The number of nitrogens with zero attached hydrogens (tertiary/aromatic N) is 1. The summed E-state index contributed by atoms with van der Waals surface area (Å²) in [5.41, 5.74) is 0.686. The van der Waals surface area contributed by atoms with Gasteiger partial charge in [-0.15, -0.1) is 0 Å². The average Bonchev–Trinajstić information content (AvgIpc) is 2.43. The van der Waals surface area contributed by atoms with E-state index in [1.165, 1.54) is 0 Å². The molecule has 4 nitrogen and oxygen atoms in total. The van der Waals surface area contributed by atoms with Gasteiger partial charge in [0.1, 0.15) is 0 Å².